The van der Waals surface area contributed by atoms with Crippen LogP contribution in [0.5, 0.6) is 0 Å². The minimum Gasteiger partial charge on any atom is -0.298 e. The SMILES string of the molecule is CCCC(C#N)C(=O)CC1CCCCC1. The van der Waals surface area contributed by atoms with Crippen molar-refractivity contribution in [3.05, 3.63) is 0 Å². The van der Waals surface area contributed by atoms with Gasteiger partial charge in [-0.3, -0.25) is 4.79 Å². The zero-order valence-corrected chi connectivity index (χ0v) is 9.67. The number of carbonyl (C=O) groups is 1. The largest absolute Gasteiger partial charge is 0.298 e. The van der Waals surface area contributed by atoms with Gasteiger partial charge in [-0.05, 0) is 12.3 Å². The van der Waals surface area contributed by atoms with Gasteiger partial charge in [-0.2, -0.15) is 5.26 Å². The third-order valence-corrected chi connectivity index (χ3v) is 3.34. The maximum absolute atomic E-state index is 11.8. The number of nitriles is 1. The van der Waals surface area contributed by atoms with E-state index < -0.39 is 0 Å². The average molecular weight is 207 g/mol. The van der Waals surface area contributed by atoms with Gasteiger partial charge in [-0.1, -0.05) is 45.4 Å². The Morgan fingerprint density at radius 3 is 2.60 bits per heavy atom. The van der Waals surface area contributed by atoms with Gasteiger partial charge in [-0.15, -0.1) is 0 Å². The number of carbonyl (C=O) groups excluding carboxylic acids is 1. The number of hydrogen-bond donors (Lipinski definition) is 0. The van der Waals surface area contributed by atoms with Crippen LogP contribution in [0.4, 0.5) is 0 Å². The van der Waals surface area contributed by atoms with Crippen LogP contribution in [0, 0.1) is 23.2 Å². The highest BCUT2D eigenvalue weighted by Crippen LogP contribution is 2.27. The van der Waals surface area contributed by atoms with Gasteiger partial charge >= 0.3 is 0 Å². The van der Waals surface area contributed by atoms with Crippen molar-refractivity contribution in [2.45, 2.75) is 58.3 Å². The Labute approximate surface area is 92.7 Å². The van der Waals surface area contributed by atoms with Gasteiger partial charge in [0.05, 0.1) is 6.07 Å². The van der Waals surface area contributed by atoms with E-state index in [1.54, 1.807) is 0 Å². The van der Waals surface area contributed by atoms with Gasteiger partial charge in [0, 0.05) is 6.42 Å². The Morgan fingerprint density at radius 2 is 2.07 bits per heavy atom. The molecule has 0 aromatic heterocycles. The van der Waals surface area contributed by atoms with Gasteiger partial charge < -0.3 is 0 Å². The molecule has 1 aliphatic carbocycles. The lowest BCUT2D eigenvalue weighted by Gasteiger charge is -2.21. The van der Waals surface area contributed by atoms with Crippen LogP contribution in [0.3, 0.4) is 0 Å². The summed E-state index contributed by atoms with van der Waals surface area (Å²) in [4.78, 5) is 11.8. The molecule has 1 atom stereocenters. The minimum atomic E-state index is -0.336. The summed E-state index contributed by atoms with van der Waals surface area (Å²) < 4.78 is 0. The average Bonchev–Trinajstić information content (AvgIpc) is 2.27. The molecule has 84 valence electrons. The van der Waals surface area contributed by atoms with Crippen molar-refractivity contribution < 1.29 is 4.79 Å². The summed E-state index contributed by atoms with van der Waals surface area (Å²) in [5.74, 6) is 0.419. The fourth-order valence-corrected chi connectivity index (χ4v) is 2.40. The molecule has 1 unspecified atom stereocenters. The Morgan fingerprint density at radius 1 is 1.40 bits per heavy atom. The van der Waals surface area contributed by atoms with Crippen molar-refractivity contribution in [3.63, 3.8) is 0 Å². The van der Waals surface area contributed by atoms with Crippen LogP contribution in [0.15, 0.2) is 0 Å². The number of hydrogen-bond acceptors (Lipinski definition) is 2. The van der Waals surface area contributed by atoms with Crippen LogP contribution in [0.2, 0.25) is 0 Å². The van der Waals surface area contributed by atoms with Crippen LogP contribution < -0.4 is 0 Å². The van der Waals surface area contributed by atoms with E-state index in [0.29, 0.717) is 12.3 Å². The predicted octanol–water partition coefficient (Wildman–Crippen LogP) is 3.47. The van der Waals surface area contributed by atoms with E-state index in [0.717, 1.165) is 12.8 Å². The molecule has 0 aromatic rings. The van der Waals surface area contributed by atoms with E-state index in [1.165, 1.54) is 32.1 Å². The first-order valence-electron chi connectivity index (χ1n) is 6.20. The summed E-state index contributed by atoms with van der Waals surface area (Å²) in [6.45, 7) is 2.03. The number of rotatable bonds is 5. The zero-order chi connectivity index (χ0) is 11.1. The summed E-state index contributed by atoms with van der Waals surface area (Å²) in [6, 6.07) is 2.14. The summed E-state index contributed by atoms with van der Waals surface area (Å²) in [7, 11) is 0. The molecular formula is C13H21NO. The van der Waals surface area contributed by atoms with Gasteiger partial charge in [0.1, 0.15) is 11.7 Å². The highest BCUT2D eigenvalue weighted by molar-refractivity contribution is 5.83. The summed E-state index contributed by atoms with van der Waals surface area (Å²) in [5.41, 5.74) is 0. The second-order valence-electron chi connectivity index (χ2n) is 4.64. The number of ketones is 1. The molecular weight excluding hydrogens is 186 g/mol. The first-order chi connectivity index (χ1) is 7.27. The maximum atomic E-state index is 11.8. The Bertz CT molecular complexity index is 235. The molecule has 0 spiro atoms. The van der Waals surface area contributed by atoms with Crippen molar-refractivity contribution in [2.24, 2.45) is 11.8 Å². The van der Waals surface area contributed by atoms with Gasteiger partial charge in [0.15, 0.2) is 0 Å². The third-order valence-electron chi connectivity index (χ3n) is 3.34. The summed E-state index contributed by atoms with van der Waals surface area (Å²) in [5, 5.41) is 8.89. The normalized spacial score (nSPS) is 19.5. The van der Waals surface area contributed by atoms with Crippen molar-refractivity contribution in [1.82, 2.24) is 0 Å². The van der Waals surface area contributed by atoms with E-state index in [4.69, 9.17) is 5.26 Å². The molecule has 0 saturated heterocycles. The number of Topliss-reactive ketones (excluding diaryl/α,β-unsaturated/α-hetero) is 1. The lowest BCUT2D eigenvalue weighted by Crippen LogP contribution is -2.18. The summed E-state index contributed by atoms with van der Waals surface area (Å²) in [6.07, 6.45) is 8.55. The van der Waals surface area contributed by atoms with Crippen molar-refractivity contribution in [2.75, 3.05) is 0 Å². The van der Waals surface area contributed by atoms with Crippen LogP contribution in [-0.4, -0.2) is 5.78 Å². The Kier molecular flexibility index (Phi) is 5.39. The minimum absolute atomic E-state index is 0.186. The molecule has 0 N–H and O–H groups in total. The fraction of sp³-hybridized carbons (Fsp3) is 0.846. The van der Waals surface area contributed by atoms with E-state index in [2.05, 4.69) is 6.07 Å². The quantitative estimate of drug-likeness (QED) is 0.692. The molecule has 1 fully saturated rings. The first kappa shape index (κ1) is 12.2. The van der Waals surface area contributed by atoms with E-state index in [1.807, 2.05) is 6.92 Å². The standard InChI is InChI=1S/C13H21NO/c1-2-6-12(10-14)13(15)9-11-7-4-3-5-8-11/h11-12H,2-9H2,1H3. The van der Waals surface area contributed by atoms with Crippen LogP contribution in [0.25, 0.3) is 0 Å². The molecule has 0 bridgehead atoms. The van der Waals surface area contributed by atoms with Gasteiger partial charge in [0.2, 0.25) is 0 Å². The molecule has 2 heteroatoms. The maximum Gasteiger partial charge on any atom is 0.150 e. The predicted molar refractivity (Wildman–Crippen MR) is 60.2 cm³/mol. The van der Waals surface area contributed by atoms with E-state index >= 15 is 0 Å². The molecule has 0 radical (unpaired) electrons. The molecule has 0 heterocycles. The molecule has 2 nitrogen and oxygen atoms in total. The molecule has 1 rings (SSSR count). The lowest BCUT2D eigenvalue weighted by atomic mass is 9.83. The molecule has 0 aliphatic heterocycles. The van der Waals surface area contributed by atoms with Crippen LogP contribution in [-0.2, 0) is 4.79 Å². The van der Waals surface area contributed by atoms with Crippen LogP contribution in [0.1, 0.15) is 58.3 Å². The third kappa shape index (κ3) is 4.03. The summed E-state index contributed by atoms with van der Waals surface area (Å²) >= 11 is 0. The Balaban J connectivity index is 2.35. The van der Waals surface area contributed by atoms with Crippen molar-refractivity contribution in [3.8, 4) is 6.07 Å². The molecule has 0 amide bonds. The molecule has 1 aliphatic rings. The number of nitrogens with zero attached hydrogens (tertiary/aromatic N) is 1. The monoisotopic (exact) mass is 207 g/mol. The molecule has 15 heavy (non-hydrogen) atoms. The highest BCUT2D eigenvalue weighted by Gasteiger charge is 2.22. The fourth-order valence-electron chi connectivity index (χ4n) is 2.40. The van der Waals surface area contributed by atoms with E-state index in [-0.39, 0.29) is 11.7 Å². The lowest BCUT2D eigenvalue weighted by molar-refractivity contribution is -0.122. The van der Waals surface area contributed by atoms with Crippen molar-refractivity contribution >= 4 is 5.78 Å². The van der Waals surface area contributed by atoms with Crippen LogP contribution >= 0.6 is 0 Å². The second-order valence-corrected chi connectivity index (χ2v) is 4.64. The second kappa shape index (κ2) is 6.61. The van der Waals surface area contributed by atoms with E-state index in [9.17, 15) is 4.79 Å². The topological polar surface area (TPSA) is 40.9 Å². The molecule has 1 saturated carbocycles. The molecule has 0 aromatic carbocycles. The van der Waals surface area contributed by atoms with Gasteiger partial charge in [-0.25, -0.2) is 0 Å². The smallest absolute Gasteiger partial charge is 0.150 e. The van der Waals surface area contributed by atoms with Crippen molar-refractivity contribution in [1.29, 1.82) is 5.26 Å². The highest BCUT2D eigenvalue weighted by atomic mass is 16.1. The first-order valence-corrected chi connectivity index (χ1v) is 6.20. The Hall–Kier alpha value is -0.840. The van der Waals surface area contributed by atoms with Gasteiger partial charge in [0.25, 0.3) is 0 Å². The zero-order valence-electron chi connectivity index (χ0n) is 9.67.